The Bertz CT molecular complexity index is 1620. The van der Waals surface area contributed by atoms with Gasteiger partial charge in [0.2, 0.25) is 5.88 Å². The molecule has 1 unspecified atom stereocenters. The summed E-state index contributed by atoms with van der Waals surface area (Å²) in [6.07, 6.45) is -2.02. The highest BCUT2D eigenvalue weighted by Crippen LogP contribution is 2.42. The highest BCUT2D eigenvalue weighted by atomic mass is 19.4. The fourth-order valence-corrected chi connectivity index (χ4v) is 4.99. The van der Waals surface area contributed by atoms with Crippen LogP contribution in [0, 0.1) is 5.82 Å². The van der Waals surface area contributed by atoms with Gasteiger partial charge in [0.1, 0.15) is 30.0 Å². The first-order valence-corrected chi connectivity index (χ1v) is 11.6. The Morgan fingerprint density at radius 1 is 1.24 bits per heavy atom. The lowest BCUT2D eigenvalue weighted by atomic mass is 9.99. The number of anilines is 2. The molecule has 2 N–H and O–H groups in total. The van der Waals surface area contributed by atoms with Crippen molar-refractivity contribution in [2.75, 3.05) is 17.2 Å². The summed E-state index contributed by atoms with van der Waals surface area (Å²) in [5, 5.41) is 4.63. The standard InChI is InChI=1S/C25H20F4N6O3/c1-11-21-16(9-37-11)14-5-15(17(26)6-18(14)32-22(21)30)24(36)35(12-7-31-34(2)8-12)19-10-38-23-13(19)3-4-20(33-23)25(27,28)29/h3-8,11,19H,9-10H2,1-2H3,(H2,30,32)/t11-,19?/m1/s1. The van der Waals surface area contributed by atoms with Gasteiger partial charge in [-0.1, -0.05) is 0 Å². The molecule has 5 heterocycles. The van der Waals surface area contributed by atoms with Gasteiger partial charge in [0, 0.05) is 35.8 Å². The highest BCUT2D eigenvalue weighted by molar-refractivity contribution is 6.09. The van der Waals surface area contributed by atoms with Crippen LogP contribution in [0.3, 0.4) is 0 Å². The van der Waals surface area contributed by atoms with Gasteiger partial charge in [0.15, 0.2) is 0 Å². The Morgan fingerprint density at radius 3 is 2.74 bits per heavy atom. The van der Waals surface area contributed by atoms with Crippen molar-refractivity contribution in [3.05, 3.63) is 70.4 Å². The highest BCUT2D eigenvalue weighted by Gasteiger charge is 2.40. The first-order valence-electron chi connectivity index (χ1n) is 11.6. The number of nitrogens with two attached hydrogens (primary N) is 1. The SMILES string of the molecule is C[C@H]1OCc2c1c(N)nc1cc(F)c(C(=O)N(c3cnn(C)c3)C3COc4nc(C(F)(F)F)ccc43)cc21. The van der Waals surface area contributed by atoms with Crippen LogP contribution in [-0.2, 0) is 24.6 Å². The predicted molar refractivity (Wildman–Crippen MR) is 127 cm³/mol. The van der Waals surface area contributed by atoms with Crippen molar-refractivity contribution in [2.45, 2.75) is 31.9 Å². The summed E-state index contributed by atoms with van der Waals surface area (Å²) in [4.78, 5) is 23.1. The molecule has 6 rings (SSSR count). The van der Waals surface area contributed by atoms with E-state index in [1.807, 2.05) is 6.92 Å². The first kappa shape index (κ1) is 24.1. The van der Waals surface area contributed by atoms with Crippen LogP contribution in [0.25, 0.3) is 10.9 Å². The normalized spacial score (nSPS) is 18.4. The number of carbonyl (C=O) groups excluding carboxylic acids is 1. The van der Waals surface area contributed by atoms with Crippen molar-refractivity contribution in [3.63, 3.8) is 0 Å². The van der Waals surface area contributed by atoms with Crippen molar-refractivity contribution < 1.29 is 31.8 Å². The lowest BCUT2D eigenvalue weighted by Crippen LogP contribution is -2.36. The molecule has 1 amide bonds. The molecular formula is C25H20F4N6O3. The molecule has 2 atom stereocenters. The average Bonchev–Trinajstić information content (AvgIpc) is 3.57. The predicted octanol–water partition coefficient (Wildman–Crippen LogP) is 4.48. The van der Waals surface area contributed by atoms with Gasteiger partial charge in [-0.3, -0.25) is 14.4 Å². The molecule has 4 aromatic rings. The van der Waals surface area contributed by atoms with E-state index in [0.29, 0.717) is 16.6 Å². The minimum absolute atomic E-state index is 0.182. The zero-order valence-corrected chi connectivity index (χ0v) is 20.1. The van der Waals surface area contributed by atoms with Gasteiger partial charge in [-0.05, 0) is 30.7 Å². The third-order valence-electron chi connectivity index (χ3n) is 6.78. The second-order valence-electron chi connectivity index (χ2n) is 9.15. The lowest BCUT2D eigenvalue weighted by Gasteiger charge is -2.27. The number of nitrogens with zero attached hydrogens (tertiary/aromatic N) is 5. The third kappa shape index (κ3) is 3.72. The van der Waals surface area contributed by atoms with E-state index in [4.69, 9.17) is 15.2 Å². The Labute approximate surface area is 212 Å². The molecule has 38 heavy (non-hydrogen) atoms. The Balaban J connectivity index is 1.48. The number of hydrogen-bond acceptors (Lipinski definition) is 7. The van der Waals surface area contributed by atoms with Crippen molar-refractivity contribution in [2.24, 2.45) is 7.05 Å². The van der Waals surface area contributed by atoms with Gasteiger partial charge in [0.05, 0.1) is 35.7 Å². The Morgan fingerprint density at radius 2 is 2.03 bits per heavy atom. The molecule has 0 saturated carbocycles. The zero-order chi connectivity index (χ0) is 26.9. The molecular weight excluding hydrogens is 508 g/mol. The summed E-state index contributed by atoms with van der Waals surface area (Å²) >= 11 is 0. The van der Waals surface area contributed by atoms with Gasteiger partial charge in [-0.15, -0.1) is 0 Å². The van der Waals surface area contributed by atoms with E-state index in [2.05, 4.69) is 15.1 Å². The summed E-state index contributed by atoms with van der Waals surface area (Å²) in [6, 6.07) is 3.70. The van der Waals surface area contributed by atoms with Crippen molar-refractivity contribution in [3.8, 4) is 5.88 Å². The molecule has 196 valence electrons. The fraction of sp³-hybridized carbons (Fsp3) is 0.280. The van der Waals surface area contributed by atoms with Crippen molar-refractivity contribution >= 4 is 28.3 Å². The second kappa shape index (κ2) is 8.38. The smallest absolute Gasteiger partial charge is 0.433 e. The van der Waals surface area contributed by atoms with E-state index >= 15 is 4.39 Å². The molecule has 9 nitrogen and oxygen atoms in total. The fourth-order valence-electron chi connectivity index (χ4n) is 4.99. The number of nitrogen functional groups attached to an aromatic ring is 1. The summed E-state index contributed by atoms with van der Waals surface area (Å²) in [5.41, 5.74) is 6.95. The molecule has 2 aliphatic rings. The van der Waals surface area contributed by atoms with Crippen LogP contribution in [0.5, 0.6) is 5.88 Å². The maximum absolute atomic E-state index is 15.4. The van der Waals surface area contributed by atoms with Crippen LogP contribution < -0.4 is 15.4 Å². The number of benzene rings is 1. The molecule has 13 heteroatoms. The molecule has 0 radical (unpaired) electrons. The van der Waals surface area contributed by atoms with Gasteiger partial charge < -0.3 is 15.2 Å². The van der Waals surface area contributed by atoms with Crippen LogP contribution in [0.15, 0.2) is 36.7 Å². The number of ether oxygens (including phenoxy) is 2. The van der Waals surface area contributed by atoms with Gasteiger partial charge >= 0.3 is 6.18 Å². The minimum Gasteiger partial charge on any atom is -0.475 e. The maximum Gasteiger partial charge on any atom is 0.433 e. The van der Waals surface area contributed by atoms with E-state index < -0.39 is 29.6 Å². The van der Waals surface area contributed by atoms with Crippen LogP contribution in [-0.4, -0.2) is 32.3 Å². The van der Waals surface area contributed by atoms with Gasteiger partial charge in [-0.2, -0.15) is 18.3 Å². The summed E-state index contributed by atoms with van der Waals surface area (Å²) in [6.45, 7) is 1.87. The number of aryl methyl sites for hydroxylation is 1. The molecule has 2 aliphatic heterocycles. The van der Waals surface area contributed by atoms with Crippen LogP contribution in [0.1, 0.15) is 51.8 Å². The van der Waals surface area contributed by atoms with Crippen LogP contribution in [0.4, 0.5) is 29.1 Å². The number of halogens is 4. The molecule has 0 aliphatic carbocycles. The van der Waals surface area contributed by atoms with E-state index in [-0.39, 0.29) is 47.7 Å². The van der Waals surface area contributed by atoms with E-state index in [1.165, 1.54) is 27.9 Å². The van der Waals surface area contributed by atoms with Crippen molar-refractivity contribution in [1.29, 1.82) is 0 Å². The number of aromatic nitrogens is 4. The molecule has 0 bridgehead atoms. The van der Waals surface area contributed by atoms with E-state index in [0.717, 1.165) is 17.7 Å². The number of pyridine rings is 2. The average molecular weight is 528 g/mol. The largest absolute Gasteiger partial charge is 0.475 e. The summed E-state index contributed by atoms with van der Waals surface area (Å²) in [5.74, 6) is -1.58. The first-order chi connectivity index (χ1) is 18.0. The van der Waals surface area contributed by atoms with E-state index in [9.17, 15) is 18.0 Å². The molecule has 3 aromatic heterocycles. The van der Waals surface area contributed by atoms with Crippen molar-refractivity contribution in [1.82, 2.24) is 19.7 Å². The van der Waals surface area contributed by atoms with Crippen LogP contribution >= 0.6 is 0 Å². The Kier molecular flexibility index (Phi) is 5.31. The number of alkyl halides is 3. The number of hydrogen-bond donors (Lipinski definition) is 1. The minimum atomic E-state index is -4.66. The molecule has 0 fully saturated rings. The Hall–Kier alpha value is -4.26. The number of amides is 1. The second-order valence-corrected chi connectivity index (χ2v) is 9.15. The quantitative estimate of drug-likeness (QED) is 0.391. The van der Waals surface area contributed by atoms with Gasteiger partial charge in [-0.25, -0.2) is 14.4 Å². The zero-order valence-electron chi connectivity index (χ0n) is 20.1. The van der Waals surface area contributed by atoms with E-state index in [1.54, 1.807) is 13.2 Å². The van der Waals surface area contributed by atoms with Crippen LogP contribution in [0.2, 0.25) is 0 Å². The maximum atomic E-state index is 15.4. The molecule has 0 saturated heterocycles. The summed E-state index contributed by atoms with van der Waals surface area (Å²) < 4.78 is 67.6. The van der Waals surface area contributed by atoms with Gasteiger partial charge in [0.25, 0.3) is 5.91 Å². The molecule has 0 spiro atoms. The number of rotatable bonds is 3. The monoisotopic (exact) mass is 528 g/mol. The number of carbonyl (C=O) groups is 1. The number of fused-ring (bicyclic) bond motifs is 4. The summed E-state index contributed by atoms with van der Waals surface area (Å²) in [7, 11) is 1.64. The lowest BCUT2D eigenvalue weighted by molar-refractivity contribution is -0.141. The third-order valence-corrected chi connectivity index (χ3v) is 6.78. The molecule has 1 aromatic carbocycles. The topological polar surface area (TPSA) is 108 Å².